The van der Waals surface area contributed by atoms with Crippen LogP contribution in [0.4, 0.5) is 0 Å². The second kappa shape index (κ2) is 2.59. The lowest BCUT2D eigenvalue weighted by Crippen LogP contribution is -2.35. The number of aromatic nitrogens is 2. The van der Waals surface area contributed by atoms with E-state index in [1.54, 1.807) is 0 Å². The fourth-order valence-corrected chi connectivity index (χ4v) is 2.07. The summed E-state index contributed by atoms with van der Waals surface area (Å²) < 4.78 is 2.03. The third-order valence-electron chi connectivity index (χ3n) is 2.76. The Kier molecular flexibility index (Phi) is 1.68. The number of imidazole rings is 1. The molecule has 0 amide bonds. The topological polar surface area (TPSA) is 43.8 Å². The monoisotopic (exact) mass is 165 g/mol. The minimum atomic E-state index is -0.141. The summed E-state index contributed by atoms with van der Waals surface area (Å²) in [5, 5.41) is 0. The molecular formula is C9H15N3. The van der Waals surface area contributed by atoms with Crippen LogP contribution in [0.3, 0.4) is 0 Å². The van der Waals surface area contributed by atoms with Crippen LogP contribution < -0.4 is 5.73 Å². The molecule has 0 unspecified atom stereocenters. The standard InChI is InChI=1S/C9H15N3/c1-12-7-6-11-8(12)9(10)4-2-3-5-9/h6-7H,2-5,10H2,1H3. The quantitative estimate of drug-likeness (QED) is 0.678. The zero-order chi connectivity index (χ0) is 8.60. The van der Waals surface area contributed by atoms with E-state index in [4.69, 9.17) is 5.73 Å². The fourth-order valence-electron chi connectivity index (χ4n) is 2.07. The number of hydrogen-bond donors (Lipinski definition) is 1. The van der Waals surface area contributed by atoms with Crippen molar-refractivity contribution in [3.63, 3.8) is 0 Å². The van der Waals surface area contributed by atoms with Gasteiger partial charge in [-0.25, -0.2) is 4.98 Å². The first-order chi connectivity index (χ1) is 5.72. The first kappa shape index (κ1) is 7.80. The van der Waals surface area contributed by atoms with Gasteiger partial charge in [-0.15, -0.1) is 0 Å². The van der Waals surface area contributed by atoms with Gasteiger partial charge in [0, 0.05) is 19.4 Å². The molecule has 0 atom stereocenters. The molecular weight excluding hydrogens is 150 g/mol. The highest BCUT2D eigenvalue weighted by Gasteiger charge is 2.34. The van der Waals surface area contributed by atoms with Gasteiger partial charge >= 0.3 is 0 Å². The largest absolute Gasteiger partial charge is 0.336 e. The van der Waals surface area contributed by atoms with Gasteiger partial charge < -0.3 is 10.3 Å². The number of hydrogen-bond acceptors (Lipinski definition) is 2. The van der Waals surface area contributed by atoms with E-state index >= 15 is 0 Å². The zero-order valence-electron chi connectivity index (χ0n) is 7.45. The van der Waals surface area contributed by atoms with E-state index in [0.717, 1.165) is 18.7 Å². The van der Waals surface area contributed by atoms with Gasteiger partial charge in [0.1, 0.15) is 5.82 Å². The zero-order valence-corrected chi connectivity index (χ0v) is 7.45. The van der Waals surface area contributed by atoms with E-state index in [2.05, 4.69) is 4.98 Å². The molecule has 66 valence electrons. The minimum Gasteiger partial charge on any atom is -0.336 e. The summed E-state index contributed by atoms with van der Waals surface area (Å²) in [6, 6.07) is 0. The van der Waals surface area contributed by atoms with Gasteiger partial charge in [0.25, 0.3) is 0 Å². The highest BCUT2D eigenvalue weighted by Crippen LogP contribution is 2.34. The van der Waals surface area contributed by atoms with Gasteiger partial charge in [0.2, 0.25) is 0 Å². The molecule has 1 aliphatic carbocycles. The number of aryl methyl sites for hydroxylation is 1. The van der Waals surface area contributed by atoms with Gasteiger partial charge in [-0.05, 0) is 12.8 Å². The molecule has 0 aromatic carbocycles. The highest BCUT2D eigenvalue weighted by atomic mass is 15.1. The molecule has 1 aromatic rings. The number of nitrogens with zero attached hydrogens (tertiary/aromatic N) is 2. The second-order valence-corrected chi connectivity index (χ2v) is 3.72. The Balaban J connectivity index is 2.34. The van der Waals surface area contributed by atoms with Gasteiger partial charge in [0.05, 0.1) is 5.54 Å². The molecule has 1 heterocycles. The van der Waals surface area contributed by atoms with Crippen LogP contribution in [-0.4, -0.2) is 9.55 Å². The van der Waals surface area contributed by atoms with E-state index in [-0.39, 0.29) is 5.54 Å². The van der Waals surface area contributed by atoms with Crippen molar-refractivity contribution in [1.29, 1.82) is 0 Å². The Hall–Kier alpha value is -0.830. The molecule has 0 saturated heterocycles. The Bertz CT molecular complexity index is 271. The van der Waals surface area contributed by atoms with Crippen LogP contribution in [0.2, 0.25) is 0 Å². The molecule has 3 nitrogen and oxygen atoms in total. The van der Waals surface area contributed by atoms with Gasteiger partial charge in [-0.1, -0.05) is 12.8 Å². The maximum Gasteiger partial charge on any atom is 0.128 e. The first-order valence-corrected chi connectivity index (χ1v) is 4.49. The van der Waals surface area contributed by atoms with Crippen molar-refractivity contribution in [2.45, 2.75) is 31.2 Å². The molecule has 0 aliphatic heterocycles. The third kappa shape index (κ3) is 1.05. The van der Waals surface area contributed by atoms with Crippen LogP contribution in [0.15, 0.2) is 12.4 Å². The summed E-state index contributed by atoms with van der Waals surface area (Å²) in [6.07, 6.45) is 8.42. The number of rotatable bonds is 1. The summed E-state index contributed by atoms with van der Waals surface area (Å²) in [4.78, 5) is 4.31. The van der Waals surface area contributed by atoms with E-state index in [9.17, 15) is 0 Å². The lowest BCUT2D eigenvalue weighted by atomic mass is 9.98. The summed E-state index contributed by atoms with van der Waals surface area (Å²) in [5.74, 6) is 1.04. The van der Waals surface area contributed by atoms with Crippen molar-refractivity contribution in [2.75, 3.05) is 0 Å². The van der Waals surface area contributed by atoms with Crippen LogP contribution in [0.25, 0.3) is 0 Å². The van der Waals surface area contributed by atoms with Crippen molar-refractivity contribution in [1.82, 2.24) is 9.55 Å². The Labute approximate surface area is 72.6 Å². The lowest BCUT2D eigenvalue weighted by Gasteiger charge is -2.22. The maximum atomic E-state index is 6.24. The molecule has 12 heavy (non-hydrogen) atoms. The predicted octanol–water partition coefficient (Wildman–Crippen LogP) is 1.15. The summed E-state index contributed by atoms with van der Waals surface area (Å²) in [5.41, 5.74) is 6.10. The second-order valence-electron chi connectivity index (χ2n) is 3.72. The molecule has 3 heteroatoms. The molecule has 1 aliphatic rings. The molecule has 1 saturated carbocycles. The highest BCUT2D eigenvalue weighted by molar-refractivity contribution is 5.09. The maximum absolute atomic E-state index is 6.24. The van der Waals surface area contributed by atoms with Crippen LogP contribution in [0, 0.1) is 0 Å². The summed E-state index contributed by atoms with van der Waals surface area (Å²) in [6.45, 7) is 0. The average Bonchev–Trinajstić information content (AvgIpc) is 2.59. The predicted molar refractivity (Wildman–Crippen MR) is 47.5 cm³/mol. The molecule has 1 aromatic heterocycles. The Morgan fingerprint density at radius 1 is 1.50 bits per heavy atom. The van der Waals surface area contributed by atoms with E-state index < -0.39 is 0 Å². The van der Waals surface area contributed by atoms with E-state index in [1.807, 2.05) is 24.0 Å². The van der Waals surface area contributed by atoms with Crippen LogP contribution >= 0.6 is 0 Å². The first-order valence-electron chi connectivity index (χ1n) is 4.49. The third-order valence-corrected chi connectivity index (χ3v) is 2.76. The minimum absolute atomic E-state index is 0.141. The molecule has 0 radical (unpaired) electrons. The Morgan fingerprint density at radius 2 is 2.17 bits per heavy atom. The van der Waals surface area contributed by atoms with Crippen molar-refractivity contribution in [3.8, 4) is 0 Å². The lowest BCUT2D eigenvalue weighted by molar-refractivity contribution is 0.418. The van der Waals surface area contributed by atoms with Crippen LogP contribution in [0.5, 0.6) is 0 Å². The normalized spacial score (nSPS) is 21.5. The van der Waals surface area contributed by atoms with Crippen LogP contribution in [-0.2, 0) is 12.6 Å². The Morgan fingerprint density at radius 3 is 2.67 bits per heavy atom. The van der Waals surface area contributed by atoms with Crippen molar-refractivity contribution < 1.29 is 0 Å². The SMILES string of the molecule is Cn1ccnc1C1(N)CCCC1. The molecule has 0 bridgehead atoms. The molecule has 0 spiro atoms. The smallest absolute Gasteiger partial charge is 0.128 e. The van der Waals surface area contributed by atoms with Crippen LogP contribution in [0.1, 0.15) is 31.5 Å². The van der Waals surface area contributed by atoms with Gasteiger partial charge in [-0.2, -0.15) is 0 Å². The molecule has 2 rings (SSSR count). The molecule has 1 fully saturated rings. The van der Waals surface area contributed by atoms with Crippen molar-refractivity contribution in [3.05, 3.63) is 18.2 Å². The fraction of sp³-hybridized carbons (Fsp3) is 0.667. The summed E-state index contributed by atoms with van der Waals surface area (Å²) >= 11 is 0. The van der Waals surface area contributed by atoms with Crippen molar-refractivity contribution >= 4 is 0 Å². The number of nitrogens with two attached hydrogens (primary N) is 1. The van der Waals surface area contributed by atoms with Crippen molar-refractivity contribution in [2.24, 2.45) is 12.8 Å². The van der Waals surface area contributed by atoms with E-state index in [1.165, 1.54) is 12.8 Å². The summed E-state index contributed by atoms with van der Waals surface area (Å²) in [7, 11) is 2.01. The van der Waals surface area contributed by atoms with Gasteiger partial charge in [0.15, 0.2) is 0 Å². The van der Waals surface area contributed by atoms with E-state index in [0.29, 0.717) is 0 Å². The molecule has 2 N–H and O–H groups in total. The average molecular weight is 165 g/mol. The van der Waals surface area contributed by atoms with Gasteiger partial charge in [-0.3, -0.25) is 0 Å².